The SMILES string of the molecule is OCC1CCCn2c1cnc2-c1ccccc1. The first-order valence-corrected chi connectivity index (χ1v) is 6.12. The van der Waals surface area contributed by atoms with Crippen molar-refractivity contribution in [2.45, 2.75) is 25.3 Å². The number of hydrogen-bond acceptors (Lipinski definition) is 2. The highest BCUT2D eigenvalue weighted by molar-refractivity contribution is 5.56. The van der Waals surface area contributed by atoms with Gasteiger partial charge < -0.3 is 9.67 Å². The monoisotopic (exact) mass is 228 g/mol. The van der Waals surface area contributed by atoms with Gasteiger partial charge in [-0.15, -0.1) is 0 Å². The summed E-state index contributed by atoms with van der Waals surface area (Å²) in [7, 11) is 0. The molecule has 0 saturated heterocycles. The molecule has 0 spiro atoms. The molecule has 88 valence electrons. The third-order valence-corrected chi connectivity index (χ3v) is 3.49. The van der Waals surface area contributed by atoms with Crippen LogP contribution in [0.4, 0.5) is 0 Å². The summed E-state index contributed by atoms with van der Waals surface area (Å²) in [4.78, 5) is 4.52. The van der Waals surface area contributed by atoms with Crippen LogP contribution in [0, 0.1) is 0 Å². The van der Waals surface area contributed by atoms with Crippen LogP contribution in [0.5, 0.6) is 0 Å². The van der Waals surface area contributed by atoms with Crippen molar-refractivity contribution in [3.63, 3.8) is 0 Å². The number of benzene rings is 1. The topological polar surface area (TPSA) is 38.0 Å². The molecule has 2 heterocycles. The fraction of sp³-hybridized carbons (Fsp3) is 0.357. The van der Waals surface area contributed by atoms with E-state index in [0.717, 1.165) is 30.8 Å². The normalized spacial score (nSPS) is 19.0. The molecule has 1 unspecified atom stereocenters. The van der Waals surface area contributed by atoms with Crippen molar-refractivity contribution in [1.82, 2.24) is 9.55 Å². The van der Waals surface area contributed by atoms with Gasteiger partial charge in [-0.05, 0) is 12.8 Å². The molecule has 17 heavy (non-hydrogen) atoms. The van der Waals surface area contributed by atoms with Crippen molar-refractivity contribution >= 4 is 0 Å². The Morgan fingerprint density at radius 3 is 2.88 bits per heavy atom. The van der Waals surface area contributed by atoms with E-state index < -0.39 is 0 Å². The Balaban J connectivity index is 2.06. The van der Waals surface area contributed by atoms with Gasteiger partial charge in [0.15, 0.2) is 0 Å². The van der Waals surface area contributed by atoms with Crippen LogP contribution in [0.15, 0.2) is 36.5 Å². The fourth-order valence-electron chi connectivity index (χ4n) is 2.60. The molecule has 0 aliphatic carbocycles. The molecule has 0 amide bonds. The van der Waals surface area contributed by atoms with Gasteiger partial charge in [0.2, 0.25) is 0 Å². The number of rotatable bonds is 2. The van der Waals surface area contributed by atoms with Crippen molar-refractivity contribution in [2.24, 2.45) is 0 Å². The standard InChI is InChI=1S/C14H16N2O/c17-10-12-7-4-8-16-13(12)9-15-14(16)11-5-2-1-3-6-11/h1-3,5-6,9,12,17H,4,7-8,10H2. The van der Waals surface area contributed by atoms with E-state index in [1.807, 2.05) is 24.4 Å². The van der Waals surface area contributed by atoms with E-state index in [9.17, 15) is 5.11 Å². The summed E-state index contributed by atoms with van der Waals surface area (Å²) in [6.45, 7) is 1.23. The van der Waals surface area contributed by atoms with Crippen molar-refractivity contribution < 1.29 is 5.11 Å². The number of aromatic nitrogens is 2. The summed E-state index contributed by atoms with van der Waals surface area (Å²) in [5, 5.41) is 9.38. The number of fused-ring (bicyclic) bond motifs is 1. The van der Waals surface area contributed by atoms with Crippen LogP contribution >= 0.6 is 0 Å². The van der Waals surface area contributed by atoms with Crippen LogP contribution in [0.1, 0.15) is 24.5 Å². The van der Waals surface area contributed by atoms with Gasteiger partial charge in [-0.3, -0.25) is 0 Å². The molecule has 0 saturated carbocycles. The lowest BCUT2D eigenvalue weighted by Crippen LogP contribution is -2.18. The van der Waals surface area contributed by atoms with E-state index in [0.29, 0.717) is 0 Å². The maximum atomic E-state index is 9.38. The maximum Gasteiger partial charge on any atom is 0.140 e. The Labute approximate surface area is 101 Å². The molecule has 1 aromatic heterocycles. The van der Waals surface area contributed by atoms with E-state index in [4.69, 9.17) is 0 Å². The highest BCUT2D eigenvalue weighted by Gasteiger charge is 2.22. The molecule has 0 radical (unpaired) electrons. The Kier molecular flexibility index (Phi) is 2.69. The zero-order chi connectivity index (χ0) is 11.7. The second-order valence-electron chi connectivity index (χ2n) is 4.55. The molecule has 0 fully saturated rings. The second kappa shape index (κ2) is 4.34. The first-order valence-electron chi connectivity index (χ1n) is 6.12. The van der Waals surface area contributed by atoms with Crippen LogP contribution < -0.4 is 0 Å². The van der Waals surface area contributed by atoms with Gasteiger partial charge in [-0.1, -0.05) is 30.3 Å². The lowest BCUT2D eigenvalue weighted by atomic mass is 9.97. The summed E-state index contributed by atoms with van der Waals surface area (Å²) in [6, 6.07) is 10.2. The molecule has 1 aliphatic rings. The van der Waals surface area contributed by atoms with Crippen molar-refractivity contribution in [3.8, 4) is 11.4 Å². The summed E-state index contributed by atoms with van der Waals surface area (Å²) in [6.07, 6.45) is 4.10. The van der Waals surface area contributed by atoms with Gasteiger partial charge >= 0.3 is 0 Å². The van der Waals surface area contributed by atoms with Crippen LogP contribution in [0.2, 0.25) is 0 Å². The molecular formula is C14H16N2O. The van der Waals surface area contributed by atoms with Gasteiger partial charge in [0.25, 0.3) is 0 Å². The minimum Gasteiger partial charge on any atom is -0.396 e. The highest BCUT2D eigenvalue weighted by Crippen LogP contribution is 2.31. The van der Waals surface area contributed by atoms with E-state index in [-0.39, 0.29) is 12.5 Å². The van der Waals surface area contributed by atoms with Crippen molar-refractivity contribution in [2.75, 3.05) is 6.61 Å². The smallest absolute Gasteiger partial charge is 0.140 e. The lowest BCUT2D eigenvalue weighted by Gasteiger charge is -2.23. The Hall–Kier alpha value is -1.61. The van der Waals surface area contributed by atoms with Crippen LogP contribution in [-0.4, -0.2) is 21.3 Å². The molecule has 3 heteroatoms. The lowest BCUT2D eigenvalue weighted by molar-refractivity contribution is 0.241. The number of hydrogen-bond donors (Lipinski definition) is 1. The van der Waals surface area contributed by atoms with Gasteiger partial charge in [0, 0.05) is 29.9 Å². The van der Waals surface area contributed by atoms with Crippen LogP contribution in [0.3, 0.4) is 0 Å². The summed E-state index contributed by atoms with van der Waals surface area (Å²) in [5.74, 6) is 1.28. The van der Waals surface area contributed by atoms with Crippen LogP contribution in [-0.2, 0) is 6.54 Å². The van der Waals surface area contributed by atoms with Gasteiger partial charge in [-0.2, -0.15) is 0 Å². The molecule has 1 aromatic carbocycles. The Morgan fingerprint density at radius 1 is 1.29 bits per heavy atom. The second-order valence-corrected chi connectivity index (χ2v) is 4.55. The summed E-state index contributed by atoms with van der Waals surface area (Å²) >= 11 is 0. The first-order chi connectivity index (χ1) is 8.40. The van der Waals surface area contributed by atoms with Gasteiger partial charge in [0.05, 0.1) is 6.61 Å². The number of imidazole rings is 1. The molecule has 3 nitrogen and oxygen atoms in total. The van der Waals surface area contributed by atoms with E-state index in [1.165, 1.54) is 5.69 Å². The highest BCUT2D eigenvalue weighted by atomic mass is 16.3. The summed E-state index contributed by atoms with van der Waals surface area (Å²) < 4.78 is 2.25. The number of nitrogens with zero attached hydrogens (tertiary/aromatic N) is 2. The first kappa shape index (κ1) is 10.5. The van der Waals surface area contributed by atoms with E-state index >= 15 is 0 Å². The fourth-order valence-corrected chi connectivity index (χ4v) is 2.60. The molecule has 1 aliphatic heterocycles. The zero-order valence-electron chi connectivity index (χ0n) is 9.71. The molecule has 1 N–H and O–H groups in total. The zero-order valence-corrected chi connectivity index (χ0v) is 9.71. The maximum absolute atomic E-state index is 9.38. The molecule has 1 atom stereocenters. The molecule has 0 bridgehead atoms. The minimum absolute atomic E-state index is 0.222. The predicted molar refractivity (Wildman–Crippen MR) is 66.7 cm³/mol. The third-order valence-electron chi connectivity index (χ3n) is 3.49. The largest absolute Gasteiger partial charge is 0.396 e. The average molecular weight is 228 g/mol. The average Bonchev–Trinajstić information content (AvgIpc) is 2.83. The van der Waals surface area contributed by atoms with Gasteiger partial charge in [-0.25, -0.2) is 4.98 Å². The van der Waals surface area contributed by atoms with E-state index in [1.54, 1.807) is 0 Å². The Bertz CT molecular complexity index is 504. The molecule has 3 rings (SSSR count). The van der Waals surface area contributed by atoms with Crippen molar-refractivity contribution in [1.29, 1.82) is 0 Å². The van der Waals surface area contributed by atoms with Gasteiger partial charge in [0.1, 0.15) is 5.82 Å². The van der Waals surface area contributed by atoms with Crippen LogP contribution in [0.25, 0.3) is 11.4 Å². The van der Waals surface area contributed by atoms with Crippen molar-refractivity contribution in [3.05, 3.63) is 42.2 Å². The quantitative estimate of drug-likeness (QED) is 0.857. The summed E-state index contributed by atoms with van der Waals surface area (Å²) in [5.41, 5.74) is 2.33. The minimum atomic E-state index is 0.222. The molecule has 2 aromatic rings. The predicted octanol–water partition coefficient (Wildman–Crippen LogP) is 2.42. The number of aliphatic hydroxyl groups is 1. The van der Waals surface area contributed by atoms with E-state index in [2.05, 4.69) is 21.7 Å². The molecular weight excluding hydrogens is 212 g/mol. The number of aliphatic hydroxyl groups excluding tert-OH is 1. The Morgan fingerprint density at radius 2 is 2.12 bits per heavy atom. The third kappa shape index (κ3) is 1.76.